The number of carbonyl (C=O) groups excluding carboxylic acids is 1. The first-order valence-electron chi connectivity index (χ1n) is 9.16. The Hall–Kier alpha value is -4.60. The minimum absolute atomic E-state index is 0.0504. The number of non-ortho nitro benzene ring substituents is 2. The molecule has 3 aromatic carbocycles. The second-order valence-corrected chi connectivity index (χ2v) is 6.68. The Labute approximate surface area is 175 Å². The summed E-state index contributed by atoms with van der Waals surface area (Å²) in [5.74, 6) is -0.351. The van der Waals surface area contributed by atoms with Gasteiger partial charge in [0.25, 0.3) is 17.3 Å². The minimum atomic E-state index is -0.697. The van der Waals surface area contributed by atoms with Gasteiger partial charge in [-0.2, -0.15) is 5.10 Å². The maximum absolute atomic E-state index is 13.1. The van der Waals surface area contributed by atoms with Crippen molar-refractivity contribution in [2.75, 3.05) is 5.32 Å². The smallest absolute Gasteiger partial charge is 0.278 e. The van der Waals surface area contributed by atoms with Crippen molar-refractivity contribution in [2.24, 2.45) is 5.10 Å². The van der Waals surface area contributed by atoms with Crippen LogP contribution < -0.4 is 5.32 Å². The molecule has 0 aliphatic carbocycles. The molecule has 1 atom stereocenters. The molecule has 0 saturated carbocycles. The molecule has 0 bridgehead atoms. The number of nitrogens with one attached hydrogen (secondary N) is 1. The number of hydrazone groups is 1. The van der Waals surface area contributed by atoms with E-state index in [4.69, 9.17) is 0 Å². The molecule has 31 heavy (non-hydrogen) atoms. The van der Waals surface area contributed by atoms with Crippen molar-refractivity contribution in [1.29, 1.82) is 0 Å². The first kappa shape index (κ1) is 19.7. The van der Waals surface area contributed by atoms with Gasteiger partial charge in [-0.05, 0) is 47.5 Å². The highest BCUT2D eigenvalue weighted by Gasteiger charge is 2.33. The average Bonchev–Trinajstić information content (AvgIpc) is 2.78. The molecule has 0 saturated heterocycles. The number of amides is 1. The maximum atomic E-state index is 13.1. The van der Waals surface area contributed by atoms with Crippen molar-refractivity contribution in [3.05, 3.63) is 110 Å². The maximum Gasteiger partial charge on any atom is 0.278 e. The van der Waals surface area contributed by atoms with E-state index in [1.165, 1.54) is 47.6 Å². The number of benzene rings is 3. The van der Waals surface area contributed by atoms with E-state index in [1.54, 1.807) is 36.4 Å². The summed E-state index contributed by atoms with van der Waals surface area (Å²) in [6, 6.07) is 18.6. The fourth-order valence-corrected chi connectivity index (χ4v) is 3.18. The van der Waals surface area contributed by atoms with Gasteiger partial charge >= 0.3 is 0 Å². The quantitative estimate of drug-likeness (QED) is 0.378. The molecule has 3 aromatic rings. The Balaban J connectivity index is 1.69. The predicted molar refractivity (Wildman–Crippen MR) is 113 cm³/mol. The Kier molecular flexibility index (Phi) is 5.10. The Bertz CT molecular complexity index is 1190. The van der Waals surface area contributed by atoms with Gasteiger partial charge in [-0.1, -0.05) is 12.1 Å². The summed E-state index contributed by atoms with van der Waals surface area (Å²) < 4.78 is 0. The lowest BCUT2D eigenvalue weighted by atomic mass is 10.0. The lowest BCUT2D eigenvalue weighted by Crippen LogP contribution is -2.39. The first-order valence-corrected chi connectivity index (χ1v) is 9.16. The van der Waals surface area contributed by atoms with Gasteiger partial charge in [0.05, 0.1) is 21.6 Å². The van der Waals surface area contributed by atoms with Crippen LogP contribution in [-0.2, 0) is 0 Å². The van der Waals surface area contributed by atoms with Crippen molar-refractivity contribution < 1.29 is 14.6 Å². The SMILES string of the molecule is O=C1c2ccccc2N[C@@H](c2ccc([N+](=O)[O-])cc2)N1/N=C\c1ccc([N+](=O)[O-])cc1. The molecule has 0 aromatic heterocycles. The number of fused-ring (bicyclic) bond motifs is 1. The fourth-order valence-electron chi connectivity index (χ4n) is 3.18. The molecule has 1 aliphatic rings. The lowest BCUT2D eigenvalue weighted by molar-refractivity contribution is -0.385. The van der Waals surface area contributed by atoms with Crippen LogP contribution in [0, 0.1) is 20.2 Å². The standard InChI is InChI=1S/C21H15N5O5/c27-21-18-3-1-2-4-19(18)23-20(15-7-11-17(12-8-15)26(30)31)24(21)22-13-14-5-9-16(10-6-14)25(28)29/h1-13,20,23H/b22-13-/t20-/m1/s1. The summed E-state index contributed by atoms with van der Waals surface area (Å²) in [7, 11) is 0. The third-order valence-corrected chi connectivity index (χ3v) is 4.76. The van der Waals surface area contributed by atoms with Gasteiger partial charge in [0.2, 0.25) is 0 Å². The van der Waals surface area contributed by atoms with Gasteiger partial charge in [-0.25, -0.2) is 5.01 Å². The average molecular weight is 417 g/mol. The first-order chi connectivity index (χ1) is 14.9. The Morgan fingerprint density at radius 3 is 2.06 bits per heavy atom. The van der Waals surface area contributed by atoms with Crippen molar-refractivity contribution in [1.82, 2.24) is 5.01 Å². The highest BCUT2D eigenvalue weighted by atomic mass is 16.6. The largest absolute Gasteiger partial charge is 0.359 e. The van der Waals surface area contributed by atoms with Gasteiger partial charge in [0.15, 0.2) is 6.17 Å². The molecule has 1 aliphatic heterocycles. The van der Waals surface area contributed by atoms with Crippen molar-refractivity contribution in [3.63, 3.8) is 0 Å². The summed E-state index contributed by atoms with van der Waals surface area (Å²) >= 11 is 0. The summed E-state index contributed by atoms with van der Waals surface area (Å²) in [5, 5.41) is 30.6. The van der Waals surface area contributed by atoms with E-state index in [2.05, 4.69) is 10.4 Å². The number of hydrogen-bond acceptors (Lipinski definition) is 7. The van der Waals surface area contributed by atoms with Crippen LogP contribution in [0.25, 0.3) is 0 Å². The Morgan fingerprint density at radius 1 is 0.871 bits per heavy atom. The van der Waals surface area contributed by atoms with Gasteiger partial charge in [-0.15, -0.1) is 0 Å². The van der Waals surface area contributed by atoms with Crippen LogP contribution in [0.3, 0.4) is 0 Å². The third kappa shape index (κ3) is 3.94. The number of nitro benzene ring substituents is 2. The number of anilines is 1. The van der Waals surface area contributed by atoms with Crippen molar-refractivity contribution >= 4 is 29.2 Å². The predicted octanol–water partition coefficient (Wildman–Crippen LogP) is 4.10. The molecule has 0 fully saturated rings. The molecule has 1 N–H and O–H groups in total. The Morgan fingerprint density at radius 2 is 1.45 bits per heavy atom. The lowest BCUT2D eigenvalue weighted by Gasteiger charge is -2.34. The number of rotatable bonds is 5. The van der Waals surface area contributed by atoms with Crippen LogP contribution in [0.2, 0.25) is 0 Å². The van der Waals surface area contributed by atoms with Crippen LogP contribution in [0.1, 0.15) is 27.7 Å². The van der Waals surface area contributed by atoms with Crippen molar-refractivity contribution in [2.45, 2.75) is 6.17 Å². The second-order valence-electron chi connectivity index (χ2n) is 6.68. The van der Waals surface area contributed by atoms with Crippen molar-refractivity contribution in [3.8, 4) is 0 Å². The molecular weight excluding hydrogens is 402 g/mol. The summed E-state index contributed by atoms with van der Waals surface area (Å²) in [4.78, 5) is 33.9. The number of para-hydroxylation sites is 1. The summed E-state index contributed by atoms with van der Waals surface area (Å²) in [5.41, 5.74) is 2.12. The molecule has 154 valence electrons. The minimum Gasteiger partial charge on any atom is -0.359 e. The molecule has 4 rings (SSSR count). The van der Waals surface area contributed by atoms with Crippen LogP contribution >= 0.6 is 0 Å². The summed E-state index contributed by atoms with van der Waals surface area (Å²) in [6.45, 7) is 0. The number of nitrogens with zero attached hydrogens (tertiary/aromatic N) is 4. The van der Waals surface area contributed by atoms with Crippen LogP contribution in [0.15, 0.2) is 77.9 Å². The van der Waals surface area contributed by atoms with Gasteiger partial charge in [0, 0.05) is 30.0 Å². The van der Waals surface area contributed by atoms with E-state index in [0.29, 0.717) is 22.4 Å². The van der Waals surface area contributed by atoms with Crippen LogP contribution in [0.5, 0.6) is 0 Å². The molecule has 1 amide bonds. The zero-order valence-electron chi connectivity index (χ0n) is 15.9. The highest BCUT2D eigenvalue weighted by molar-refractivity contribution is 6.02. The molecule has 10 nitrogen and oxygen atoms in total. The number of carbonyl (C=O) groups is 1. The van der Waals surface area contributed by atoms with E-state index in [0.717, 1.165) is 0 Å². The highest BCUT2D eigenvalue weighted by Crippen LogP contribution is 2.33. The molecule has 0 unspecified atom stereocenters. The van der Waals surface area contributed by atoms with Gasteiger partial charge in [0.1, 0.15) is 0 Å². The van der Waals surface area contributed by atoms with Gasteiger partial charge < -0.3 is 5.32 Å². The topological polar surface area (TPSA) is 131 Å². The normalized spacial score (nSPS) is 15.4. The van der Waals surface area contributed by atoms with Crippen LogP contribution in [-0.4, -0.2) is 27.0 Å². The summed E-state index contributed by atoms with van der Waals surface area (Å²) in [6.07, 6.45) is 0.729. The van der Waals surface area contributed by atoms with E-state index < -0.39 is 16.0 Å². The number of hydrogen-bond donors (Lipinski definition) is 1. The van der Waals surface area contributed by atoms with E-state index in [-0.39, 0.29) is 17.3 Å². The zero-order chi connectivity index (χ0) is 22.0. The van der Waals surface area contributed by atoms with E-state index in [1.807, 2.05) is 0 Å². The molecular formula is C21H15N5O5. The second kappa shape index (κ2) is 8.03. The number of nitro groups is 2. The molecule has 10 heteroatoms. The van der Waals surface area contributed by atoms with Crippen LogP contribution in [0.4, 0.5) is 17.1 Å². The monoisotopic (exact) mass is 417 g/mol. The fraction of sp³-hybridized carbons (Fsp3) is 0.0476. The third-order valence-electron chi connectivity index (χ3n) is 4.76. The molecule has 0 radical (unpaired) electrons. The van der Waals surface area contributed by atoms with E-state index in [9.17, 15) is 25.0 Å². The van der Waals surface area contributed by atoms with Gasteiger partial charge in [-0.3, -0.25) is 25.0 Å². The van der Waals surface area contributed by atoms with E-state index >= 15 is 0 Å². The molecule has 1 heterocycles. The molecule has 0 spiro atoms. The zero-order valence-corrected chi connectivity index (χ0v) is 15.9.